The average molecular weight is 243 g/mol. The van der Waals surface area contributed by atoms with Crippen LogP contribution in [0.25, 0.3) is 0 Å². The number of benzene rings is 1. The zero-order chi connectivity index (χ0) is 12.5. The second-order valence-electron chi connectivity index (χ2n) is 6.25. The summed E-state index contributed by atoms with van der Waals surface area (Å²) in [5.41, 5.74) is 11.0. The normalized spacial score (nSPS) is 28.3. The van der Waals surface area contributed by atoms with E-state index in [1.165, 1.54) is 50.5 Å². The van der Waals surface area contributed by atoms with Gasteiger partial charge in [0, 0.05) is 6.04 Å². The number of hydrogen-bond acceptors (Lipinski definition) is 1. The van der Waals surface area contributed by atoms with E-state index < -0.39 is 0 Å². The maximum absolute atomic E-state index is 6.51. The van der Waals surface area contributed by atoms with Gasteiger partial charge in [-0.05, 0) is 60.6 Å². The lowest BCUT2D eigenvalue weighted by Crippen LogP contribution is -2.19. The Morgan fingerprint density at radius 1 is 1.22 bits per heavy atom. The van der Waals surface area contributed by atoms with Gasteiger partial charge in [0.25, 0.3) is 0 Å². The van der Waals surface area contributed by atoms with Gasteiger partial charge in [0.1, 0.15) is 0 Å². The Balaban J connectivity index is 1.74. The predicted octanol–water partition coefficient (Wildman–Crippen LogP) is 4.00. The summed E-state index contributed by atoms with van der Waals surface area (Å²) >= 11 is 0. The molecule has 2 N–H and O–H groups in total. The fourth-order valence-electron chi connectivity index (χ4n) is 3.88. The fourth-order valence-corrected chi connectivity index (χ4v) is 3.88. The van der Waals surface area contributed by atoms with E-state index in [1.807, 2.05) is 0 Å². The lowest BCUT2D eigenvalue weighted by Gasteiger charge is -2.20. The molecule has 3 atom stereocenters. The minimum absolute atomic E-state index is 0.271. The molecule has 1 nitrogen and oxygen atoms in total. The summed E-state index contributed by atoms with van der Waals surface area (Å²) in [6.07, 6.45) is 9.25. The summed E-state index contributed by atoms with van der Waals surface area (Å²) in [6, 6.07) is 7.27. The number of aryl methyl sites for hydroxylation is 2. The molecule has 0 saturated heterocycles. The van der Waals surface area contributed by atoms with Crippen molar-refractivity contribution in [2.45, 2.75) is 57.9 Å². The van der Waals surface area contributed by atoms with Crippen molar-refractivity contribution >= 4 is 0 Å². The van der Waals surface area contributed by atoms with Crippen molar-refractivity contribution in [2.24, 2.45) is 17.6 Å². The highest BCUT2D eigenvalue weighted by Gasteiger charge is 2.29. The van der Waals surface area contributed by atoms with Crippen LogP contribution in [-0.2, 0) is 12.8 Å². The second kappa shape index (κ2) is 5.05. The summed E-state index contributed by atoms with van der Waals surface area (Å²) in [6.45, 7) is 2.31. The minimum Gasteiger partial charge on any atom is -0.324 e. The van der Waals surface area contributed by atoms with Crippen molar-refractivity contribution < 1.29 is 0 Å². The van der Waals surface area contributed by atoms with Crippen molar-refractivity contribution in [2.75, 3.05) is 0 Å². The van der Waals surface area contributed by atoms with Crippen LogP contribution in [0.4, 0.5) is 0 Å². The van der Waals surface area contributed by atoms with E-state index in [9.17, 15) is 0 Å². The quantitative estimate of drug-likeness (QED) is 0.853. The van der Waals surface area contributed by atoms with Gasteiger partial charge in [0.15, 0.2) is 0 Å². The first-order valence-electron chi connectivity index (χ1n) is 7.65. The third kappa shape index (κ3) is 2.21. The van der Waals surface area contributed by atoms with Crippen LogP contribution >= 0.6 is 0 Å². The first kappa shape index (κ1) is 12.2. The van der Waals surface area contributed by atoms with Crippen LogP contribution in [0.15, 0.2) is 18.2 Å². The summed E-state index contributed by atoms with van der Waals surface area (Å²) in [7, 11) is 0. The monoisotopic (exact) mass is 243 g/mol. The van der Waals surface area contributed by atoms with Crippen LogP contribution in [0.5, 0.6) is 0 Å². The molecule has 0 aliphatic heterocycles. The van der Waals surface area contributed by atoms with Crippen LogP contribution < -0.4 is 5.73 Å². The van der Waals surface area contributed by atoms with Gasteiger partial charge in [0.2, 0.25) is 0 Å². The molecule has 0 aromatic heterocycles. The molecule has 2 aliphatic carbocycles. The van der Waals surface area contributed by atoms with Crippen LogP contribution in [0, 0.1) is 11.8 Å². The molecule has 0 heterocycles. The molecule has 2 aliphatic rings. The van der Waals surface area contributed by atoms with Gasteiger partial charge in [-0.25, -0.2) is 0 Å². The van der Waals surface area contributed by atoms with Gasteiger partial charge in [-0.3, -0.25) is 0 Å². The maximum atomic E-state index is 6.51. The van der Waals surface area contributed by atoms with Gasteiger partial charge in [-0.1, -0.05) is 38.0 Å². The largest absolute Gasteiger partial charge is 0.324 e. The topological polar surface area (TPSA) is 26.0 Å². The molecule has 3 rings (SSSR count). The van der Waals surface area contributed by atoms with E-state index in [1.54, 1.807) is 11.1 Å². The van der Waals surface area contributed by atoms with Crippen LogP contribution in [-0.4, -0.2) is 0 Å². The molecule has 1 aromatic rings. The second-order valence-corrected chi connectivity index (χ2v) is 6.25. The van der Waals surface area contributed by atoms with Gasteiger partial charge in [-0.15, -0.1) is 0 Å². The van der Waals surface area contributed by atoms with Crippen LogP contribution in [0.1, 0.15) is 61.8 Å². The number of hydrogen-bond donors (Lipinski definition) is 1. The Hall–Kier alpha value is -0.820. The summed E-state index contributed by atoms with van der Waals surface area (Å²) in [4.78, 5) is 0. The first-order chi connectivity index (χ1) is 8.78. The Morgan fingerprint density at radius 2 is 2.06 bits per heavy atom. The lowest BCUT2D eigenvalue weighted by molar-refractivity contribution is 0.416. The van der Waals surface area contributed by atoms with Gasteiger partial charge < -0.3 is 5.73 Å². The lowest BCUT2D eigenvalue weighted by atomic mass is 9.90. The third-order valence-corrected chi connectivity index (χ3v) is 5.17. The molecule has 0 bridgehead atoms. The third-order valence-electron chi connectivity index (χ3n) is 5.17. The van der Waals surface area contributed by atoms with E-state index in [-0.39, 0.29) is 6.04 Å². The van der Waals surface area contributed by atoms with E-state index in [2.05, 4.69) is 25.1 Å². The molecule has 1 aromatic carbocycles. The Labute approximate surface area is 111 Å². The van der Waals surface area contributed by atoms with Crippen LogP contribution in [0.3, 0.4) is 0 Å². The highest BCUT2D eigenvalue weighted by Crippen LogP contribution is 2.39. The van der Waals surface area contributed by atoms with Crippen molar-refractivity contribution in [3.05, 3.63) is 34.9 Å². The smallest absolute Gasteiger partial charge is 0.0323 e. The molecular formula is C17H25N. The van der Waals surface area contributed by atoms with Gasteiger partial charge in [0.05, 0.1) is 0 Å². The van der Waals surface area contributed by atoms with Gasteiger partial charge in [-0.2, -0.15) is 0 Å². The standard InChI is InChI=1S/C17H25N/c1-2-12-6-7-15(10-12)17(18)16-9-8-13-4-3-5-14(13)11-16/h8-9,11-12,15,17H,2-7,10,18H2,1H3. The van der Waals surface area contributed by atoms with E-state index in [4.69, 9.17) is 5.73 Å². The number of fused-ring (bicyclic) bond motifs is 1. The molecule has 1 fully saturated rings. The fraction of sp³-hybridized carbons (Fsp3) is 0.647. The van der Waals surface area contributed by atoms with E-state index in [0.29, 0.717) is 0 Å². The maximum Gasteiger partial charge on any atom is 0.0323 e. The summed E-state index contributed by atoms with van der Waals surface area (Å²) in [5, 5.41) is 0. The first-order valence-corrected chi connectivity index (χ1v) is 7.65. The molecule has 0 amide bonds. The Kier molecular flexibility index (Phi) is 3.43. The number of rotatable bonds is 3. The minimum atomic E-state index is 0.271. The molecule has 0 spiro atoms. The van der Waals surface area contributed by atoms with Crippen LogP contribution in [0.2, 0.25) is 0 Å². The highest BCUT2D eigenvalue weighted by atomic mass is 14.7. The SMILES string of the molecule is CCC1CCC(C(N)c2ccc3c(c2)CCC3)C1. The van der Waals surface area contributed by atoms with Crippen molar-refractivity contribution in [1.82, 2.24) is 0 Å². The number of nitrogens with two attached hydrogens (primary N) is 1. The highest BCUT2D eigenvalue weighted by molar-refractivity contribution is 5.36. The van der Waals surface area contributed by atoms with Crippen molar-refractivity contribution in [3.63, 3.8) is 0 Å². The molecule has 0 radical (unpaired) electrons. The molecular weight excluding hydrogens is 218 g/mol. The molecule has 98 valence electrons. The molecule has 18 heavy (non-hydrogen) atoms. The van der Waals surface area contributed by atoms with Crippen molar-refractivity contribution in [1.29, 1.82) is 0 Å². The Morgan fingerprint density at radius 3 is 2.83 bits per heavy atom. The molecule has 1 heteroatoms. The zero-order valence-corrected chi connectivity index (χ0v) is 11.5. The Bertz CT molecular complexity index is 424. The summed E-state index contributed by atoms with van der Waals surface area (Å²) < 4.78 is 0. The zero-order valence-electron chi connectivity index (χ0n) is 11.5. The molecule has 3 unspecified atom stereocenters. The van der Waals surface area contributed by atoms with E-state index >= 15 is 0 Å². The molecule has 1 saturated carbocycles. The average Bonchev–Trinajstić information content (AvgIpc) is 3.05. The van der Waals surface area contributed by atoms with Gasteiger partial charge >= 0.3 is 0 Å². The van der Waals surface area contributed by atoms with E-state index in [0.717, 1.165) is 11.8 Å². The summed E-state index contributed by atoms with van der Waals surface area (Å²) in [5.74, 6) is 1.64. The predicted molar refractivity (Wildman–Crippen MR) is 76.5 cm³/mol. The van der Waals surface area contributed by atoms with Crippen molar-refractivity contribution in [3.8, 4) is 0 Å².